The lowest BCUT2D eigenvalue weighted by atomic mass is 10.1. The molecular formula is C12H14FNO2S. The van der Waals surface area contributed by atoms with Crippen LogP contribution in [0.25, 0.3) is 0 Å². The quantitative estimate of drug-likeness (QED) is 0.839. The van der Waals surface area contributed by atoms with Crippen LogP contribution in [0.2, 0.25) is 0 Å². The van der Waals surface area contributed by atoms with Crippen molar-refractivity contribution in [3.05, 3.63) is 29.6 Å². The molecule has 1 aliphatic heterocycles. The molecule has 0 aromatic heterocycles. The van der Waals surface area contributed by atoms with E-state index >= 15 is 0 Å². The summed E-state index contributed by atoms with van der Waals surface area (Å²) in [6.07, 6.45) is 1.64. The van der Waals surface area contributed by atoms with Crippen LogP contribution in [0, 0.1) is 5.82 Å². The number of hydrogen-bond donors (Lipinski definition) is 1. The van der Waals surface area contributed by atoms with E-state index in [-0.39, 0.29) is 16.7 Å². The Hall–Kier alpha value is -1.20. The van der Waals surface area contributed by atoms with E-state index in [2.05, 4.69) is 0 Å². The highest BCUT2D eigenvalue weighted by Gasteiger charge is 2.19. The van der Waals surface area contributed by atoms with Gasteiger partial charge in [-0.15, -0.1) is 0 Å². The summed E-state index contributed by atoms with van der Waals surface area (Å²) >= 11 is 4.84. The predicted molar refractivity (Wildman–Crippen MR) is 66.8 cm³/mol. The van der Waals surface area contributed by atoms with E-state index in [1.165, 1.54) is 6.07 Å². The van der Waals surface area contributed by atoms with Gasteiger partial charge >= 0.3 is 0 Å². The van der Waals surface area contributed by atoms with Gasteiger partial charge in [-0.3, -0.25) is 0 Å². The van der Waals surface area contributed by atoms with Gasteiger partial charge in [-0.2, -0.15) is 0 Å². The minimum Gasteiger partial charge on any atom is -0.489 e. The fourth-order valence-electron chi connectivity index (χ4n) is 1.82. The van der Waals surface area contributed by atoms with Crippen molar-refractivity contribution in [1.82, 2.24) is 0 Å². The number of rotatable bonds is 3. The summed E-state index contributed by atoms with van der Waals surface area (Å²) in [7, 11) is 0. The zero-order valence-electron chi connectivity index (χ0n) is 9.32. The largest absolute Gasteiger partial charge is 0.489 e. The zero-order valence-corrected chi connectivity index (χ0v) is 10.1. The summed E-state index contributed by atoms with van der Waals surface area (Å²) in [4.78, 5) is 0.0187. The molecule has 0 radical (unpaired) electrons. The standard InChI is InChI=1S/C12H14FNO2S/c13-9-2-1-3-10(11(9)12(14)17)16-8-4-6-15-7-5-8/h1-3,8H,4-7H2,(H2,14,17). The van der Waals surface area contributed by atoms with Gasteiger partial charge in [0.1, 0.15) is 22.7 Å². The van der Waals surface area contributed by atoms with Gasteiger partial charge < -0.3 is 15.2 Å². The summed E-state index contributed by atoms with van der Waals surface area (Å²) in [5.74, 6) is -0.0218. The van der Waals surface area contributed by atoms with Gasteiger partial charge in [0.25, 0.3) is 0 Å². The molecule has 2 rings (SSSR count). The predicted octanol–water partition coefficient (Wildman–Crippen LogP) is 2.02. The van der Waals surface area contributed by atoms with E-state index in [0.717, 1.165) is 12.8 Å². The van der Waals surface area contributed by atoms with Gasteiger partial charge in [-0.05, 0) is 12.1 Å². The Morgan fingerprint density at radius 1 is 1.41 bits per heavy atom. The van der Waals surface area contributed by atoms with Crippen molar-refractivity contribution in [3.63, 3.8) is 0 Å². The first kappa shape index (κ1) is 12.3. The number of halogens is 1. The van der Waals surface area contributed by atoms with Crippen molar-refractivity contribution in [1.29, 1.82) is 0 Å². The van der Waals surface area contributed by atoms with E-state index in [4.69, 9.17) is 27.4 Å². The van der Waals surface area contributed by atoms with Crippen molar-refractivity contribution < 1.29 is 13.9 Å². The molecule has 92 valence electrons. The maximum Gasteiger partial charge on any atom is 0.137 e. The van der Waals surface area contributed by atoms with E-state index in [1.807, 2.05) is 0 Å². The van der Waals surface area contributed by atoms with Crippen molar-refractivity contribution in [2.75, 3.05) is 13.2 Å². The monoisotopic (exact) mass is 255 g/mol. The van der Waals surface area contributed by atoms with Crippen LogP contribution >= 0.6 is 12.2 Å². The molecule has 1 aromatic rings. The normalized spacial score (nSPS) is 16.8. The molecule has 17 heavy (non-hydrogen) atoms. The first-order valence-corrected chi connectivity index (χ1v) is 5.92. The fraction of sp³-hybridized carbons (Fsp3) is 0.417. The molecule has 0 unspecified atom stereocenters. The molecule has 0 spiro atoms. The number of thiocarbonyl (C=S) groups is 1. The van der Waals surface area contributed by atoms with E-state index < -0.39 is 5.82 Å². The molecule has 1 heterocycles. The molecule has 0 amide bonds. The summed E-state index contributed by atoms with van der Waals surface area (Å²) in [6, 6.07) is 4.60. The Labute approximate surface area is 105 Å². The summed E-state index contributed by atoms with van der Waals surface area (Å²) in [5, 5.41) is 0. The lowest BCUT2D eigenvalue weighted by molar-refractivity contribution is 0.0254. The summed E-state index contributed by atoms with van der Waals surface area (Å²) < 4.78 is 24.6. The number of ether oxygens (including phenoxy) is 2. The maximum atomic E-state index is 13.6. The Morgan fingerprint density at radius 3 is 2.76 bits per heavy atom. The molecule has 0 aliphatic carbocycles. The Morgan fingerprint density at radius 2 is 2.12 bits per heavy atom. The van der Waals surface area contributed by atoms with Crippen LogP contribution in [0.15, 0.2) is 18.2 Å². The van der Waals surface area contributed by atoms with E-state index in [1.54, 1.807) is 12.1 Å². The van der Waals surface area contributed by atoms with Crippen molar-refractivity contribution in [2.24, 2.45) is 5.73 Å². The van der Waals surface area contributed by atoms with Crippen LogP contribution in [0.4, 0.5) is 4.39 Å². The Kier molecular flexibility index (Phi) is 3.91. The molecule has 3 nitrogen and oxygen atoms in total. The molecule has 0 saturated carbocycles. The number of hydrogen-bond acceptors (Lipinski definition) is 3. The molecule has 2 N–H and O–H groups in total. The van der Waals surface area contributed by atoms with Gasteiger partial charge in [0.05, 0.1) is 18.8 Å². The average Bonchev–Trinajstić information content (AvgIpc) is 2.30. The van der Waals surface area contributed by atoms with Crippen molar-refractivity contribution in [3.8, 4) is 5.75 Å². The summed E-state index contributed by atoms with van der Waals surface area (Å²) in [5.41, 5.74) is 5.70. The third kappa shape index (κ3) is 2.92. The van der Waals surface area contributed by atoms with Crippen LogP contribution in [0.3, 0.4) is 0 Å². The molecule has 1 aliphatic rings. The highest BCUT2D eigenvalue weighted by atomic mass is 32.1. The van der Waals surface area contributed by atoms with Gasteiger partial charge in [0.15, 0.2) is 0 Å². The number of benzene rings is 1. The highest BCUT2D eigenvalue weighted by Crippen LogP contribution is 2.24. The average molecular weight is 255 g/mol. The molecule has 1 aromatic carbocycles. The van der Waals surface area contributed by atoms with Gasteiger partial charge in [-0.1, -0.05) is 18.3 Å². The third-order valence-corrected chi connectivity index (χ3v) is 2.89. The third-order valence-electron chi connectivity index (χ3n) is 2.68. The second-order valence-corrected chi connectivity index (χ2v) is 4.35. The lowest BCUT2D eigenvalue weighted by Crippen LogP contribution is -2.27. The molecule has 1 fully saturated rings. The smallest absolute Gasteiger partial charge is 0.137 e. The van der Waals surface area contributed by atoms with Crippen LogP contribution < -0.4 is 10.5 Å². The van der Waals surface area contributed by atoms with E-state index in [0.29, 0.717) is 19.0 Å². The van der Waals surface area contributed by atoms with Crippen LogP contribution in [0.5, 0.6) is 5.75 Å². The fourth-order valence-corrected chi connectivity index (χ4v) is 2.01. The molecular weight excluding hydrogens is 241 g/mol. The van der Waals surface area contributed by atoms with Crippen molar-refractivity contribution >= 4 is 17.2 Å². The second kappa shape index (κ2) is 5.42. The van der Waals surface area contributed by atoms with Crippen LogP contribution in [0.1, 0.15) is 18.4 Å². The van der Waals surface area contributed by atoms with Crippen LogP contribution in [-0.2, 0) is 4.74 Å². The Balaban J connectivity index is 2.19. The molecule has 5 heteroatoms. The summed E-state index contributed by atoms with van der Waals surface area (Å²) in [6.45, 7) is 1.34. The first-order chi connectivity index (χ1) is 8.18. The molecule has 0 atom stereocenters. The minimum atomic E-state index is -0.443. The second-order valence-electron chi connectivity index (χ2n) is 3.91. The highest BCUT2D eigenvalue weighted by molar-refractivity contribution is 7.80. The van der Waals surface area contributed by atoms with Gasteiger partial charge in [0, 0.05) is 12.8 Å². The van der Waals surface area contributed by atoms with E-state index in [9.17, 15) is 4.39 Å². The SMILES string of the molecule is NC(=S)c1c(F)cccc1OC1CCOCC1. The zero-order chi connectivity index (χ0) is 12.3. The minimum absolute atomic E-state index is 0.0187. The van der Waals surface area contributed by atoms with Gasteiger partial charge in [0.2, 0.25) is 0 Å². The number of nitrogens with two attached hydrogens (primary N) is 1. The molecule has 0 bridgehead atoms. The maximum absolute atomic E-state index is 13.6. The lowest BCUT2D eigenvalue weighted by Gasteiger charge is -2.24. The first-order valence-electron chi connectivity index (χ1n) is 5.51. The van der Waals surface area contributed by atoms with Crippen LogP contribution in [-0.4, -0.2) is 24.3 Å². The molecule has 1 saturated heterocycles. The van der Waals surface area contributed by atoms with Crippen molar-refractivity contribution in [2.45, 2.75) is 18.9 Å². The topological polar surface area (TPSA) is 44.5 Å². The van der Waals surface area contributed by atoms with Gasteiger partial charge in [-0.25, -0.2) is 4.39 Å². The Bertz CT molecular complexity index is 419.